The quantitative estimate of drug-likeness (QED) is 0.767. The highest BCUT2D eigenvalue weighted by Crippen LogP contribution is 2.09. The summed E-state index contributed by atoms with van der Waals surface area (Å²) in [5, 5.41) is 7.69. The van der Waals surface area contributed by atoms with Crippen molar-refractivity contribution in [2.45, 2.75) is 40.2 Å². The zero-order valence-corrected chi connectivity index (χ0v) is 10.7. The standard InChI is InChI=1S/C13H23N3/c1-4-9-16-13(7-8-15-16)10-12(5-2)11-14-6-3/h7-8,10,14H,4-6,9,11H2,1-3H3/b12-10-. The fourth-order valence-corrected chi connectivity index (χ4v) is 1.64. The van der Waals surface area contributed by atoms with Crippen LogP contribution < -0.4 is 5.32 Å². The Kier molecular flexibility index (Phi) is 5.86. The van der Waals surface area contributed by atoms with Crippen molar-refractivity contribution in [3.8, 4) is 0 Å². The summed E-state index contributed by atoms with van der Waals surface area (Å²) in [4.78, 5) is 0. The van der Waals surface area contributed by atoms with E-state index < -0.39 is 0 Å². The molecule has 16 heavy (non-hydrogen) atoms. The second-order valence-corrected chi connectivity index (χ2v) is 3.92. The molecule has 3 nitrogen and oxygen atoms in total. The first-order chi connectivity index (χ1) is 7.81. The number of likely N-dealkylation sites (N-methyl/N-ethyl adjacent to an activating group) is 1. The van der Waals surface area contributed by atoms with Gasteiger partial charge in [0.25, 0.3) is 0 Å². The molecule has 0 aliphatic carbocycles. The molecular formula is C13H23N3. The summed E-state index contributed by atoms with van der Waals surface area (Å²) in [6.45, 7) is 9.50. The predicted molar refractivity (Wildman–Crippen MR) is 69.3 cm³/mol. The van der Waals surface area contributed by atoms with Gasteiger partial charge in [-0.2, -0.15) is 5.10 Å². The maximum Gasteiger partial charge on any atom is 0.0609 e. The Morgan fingerprint density at radius 3 is 2.88 bits per heavy atom. The van der Waals surface area contributed by atoms with Crippen molar-refractivity contribution in [3.05, 3.63) is 23.5 Å². The lowest BCUT2D eigenvalue weighted by atomic mass is 10.1. The Hall–Kier alpha value is -1.09. The third kappa shape index (κ3) is 3.81. The van der Waals surface area contributed by atoms with Gasteiger partial charge in [0.15, 0.2) is 0 Å². The molecule has 0 aliphatic rings. The van der Waals surface area contributed by atoms with Gasteiger partial charge < -0.3 is 5.32 Å². The van der Waals surface area contributed by atoms with Gasteiger partial charge in [0.1, 0.15) is 0 Å². The summed E-state index contributed by atoms with van der Waals surface area (Å²) in [5.74, 6) is 0. The van der Waals surface area contributed by atoms with Gasteiger partial charge in [-0.15, -0.1) is 0 Å². The van der Waals surface area contributed by atoms with Crippen LogP contribution in [-0.2, 0) is 6.54 Å². The van der Waals surface area contributed by atoms with Gasteiger partial charge in [-0.3, -0.25) is 4.68 Å². The molecule has 0 saturated carbocycles. The fraction of sp³-hybridized carbons (Fsp3) is 0.615. The van der Waals surface area contributed by atoms with E-state index in [4.69, 9.17) is 0 Å². The number of aromatic nitrogens is 2. The molecule has 1 aromatic heterocycles. The number of nitrogens with one attached hydrogen (secondary N) is 1. The maximum absolute atomic E-state index is 4.33. The molecule has 0 amide bonds. The highest BCUT2D eigenvalue weighted by Gasteiger charge is 2.00. The smallest absolute Gasteiger partial charge is 0.0609 e. The van der Waals surface area contributed by atoms with Gasteiger partial charge in [0.05, 0.1) is 5.69 Å². The summed E-state index contributed by atoms with van der Waals surface area (Å²) in [6.07, 6.45) is 6.34. The highest BCUT2D eigenvalue weighted by atomic mass is 15.3. The van der Waals surface area contributed by atoms with Crippen LogP contribution in [0, 0.1) is 0 Å². The molecule has 1 rings (SSSR count). The molecule has 0 saturated heterocycles. The van der Waals surface area contributed by atoms with Gasteiger partial charge >= 0.3 is 0 Å². The molecule has 3 heteroatoms. The second-order valence-electron chi connectivity index (χ2n) is 3.92. The number of hydrogen-bond acceptors (Lipinski definition) is 2. The van der Waals surface area contributed by atoms with E-state index in [1.807, 2.05) is 6.20 Å². The van der Waals surface area contributed by atoms with E-state index in [1.54, 1.807) is 0 Å². The number of hydrogen-bond donors (Lipinski definition) is 1. The van der Waals surface area contributed by atoms with Gasteiger partial charge in [-0.1, -0.05) is 26.3 Å². The topological polar surface area (TPSA) is 29.9 Å². The van der Waals surface area contributed by atoms with E-state index in [1.165, 1.54) is 11.3 Å². The average Bonchev–Trinajstić information content (AvgIpc) is 2.72. The number of nitrogens with zero attached hydrogens (tertiary/aromatic N) is 2. The van der Waals surface area contributed by atoms with E-state index >= 15 is 0 Å². The molecule has 0 radical (unpaired) electrons. The van der Waals surface area contributed by atoms with Crippen LogP contribution in [0.15, 0.2) is 17.8 Å². The summed E-state index contributed by atoms with van der Waals surface area (Å²) < 4.78 is 2.07. The molecule has 1 aromatic rings. The molecule has 0 spiro atoms. The molecule has 0 unspecified atom stereocenters. The molecular weight excluding hydrogens is 198 g/mol. The minimum atomic E-state index is 0.976. The van der Waals surface area contributed by atoms with Crippen LogP contribution in [0.4, 0.5) is 0 Å². The first-order valence-electron chi connectivity index (χ1n) is 6.23. The maximum atomic E-state index is 4.33. The van der Waals surface area contributed by atoms with Crippen LogP contribution in [0.2, 0.25) is 0 Å². The van der Waals surface area contributed by atoms with Crippen LogP contribution >= 0.6 is 0 Å². The van der Waals surface area contributed by atoms with Crippen molar-refractivity contribution >= 4 is 6.08 Å². The van der Waals surface area contributed by atoms with Gasteiger partial charge in [-0.05, 0) is 31.5 Å². The first kappa shape index (κ1) is 13.0. The first-order valence-corrected chi connectivity index (χ1v) is 6.23. The lowest BCUT2D eigenvalue weighted by Gasteiger charge is -2.07. The highest BCUT2D eigenvalue weighted by molar-refractivity contribution is 5.49. The Labute approximate surface area is 98.5 Å². The van der Waals surface area contributed by atoms with E-state index in [9.17, 15) is 0 Å². The minimum absolute atomic E-state index is 0.976. The van der Waals surface area contributed by atoms with Gasteiger partial charge in [-0.25, -0.2) is 0 Å². The zero-order valence-electron chi connectivity index (χ0n) is 10.7. The van der Waals surface area contributed by atoms with E-state index in [2.05, 4.69) is 48.0 Å². The molecule has 90 valence electrons. The van der Waals surface area contributed by atoms with Crippen LogP contribution in [0.25, 0.3) is 6.08 Å². The normalized spacial score (nSPS) is 12.1. The SMILES string of the molecule is CCCn1nccc1/C=C(/CC)CNCC. The van der Waals surface area contributed by atoms with Crippen molar-refractivity contribution < 1.29 is 0 Å². The third-order valence-corrected chi connectivity index (χ3v) is 2.59. The molecule has 0 bridgehead atoms. The molecule has 0 aliphatic heterocycles. The van der Waals surface area contributed by atoms with Crippen molar-refractivity contribution in [2.24, 2.45) is 0 Å². The van der Waals surface area contributed by atoms with Gasteiger partial charge in [0, 0.05) is 19.3 Å². The molecule has 0 atom stereocenters. The number of aryl methyl sites for hydroxylation is 1. The van der Waals surface area contributed by atoms with Crippen molar-refractivity contribution in [3.63, 3.8) is 0 Å². The summed E-state index contributed by atoms with van der Waals surface area (Å²) in [7, 11) is 0. The Morgan fingerprint density at radius 1 is 1.44 bits per heavy atom. The van der Waals surface area contributed by atoms with Crippen LogP contribution in [0.3, 0.4) is 0 Å². The molecule has 1 N–H and O–H groups in total. The summed E-state index contributed by atoms with van der Waals surface area (Å²) in [6, 6.07) is 2.08. The van der Waals surface area contributed by atoms with Gasteiger partial charge in [0.2, 0.25) is 0 Å². The van der Waals surface area contributed by atoms with E-state index in [0.29, 0.717) is 0 Å². The Bertz CT molecular complexity index is 326. The lowest BCUT2D eigenvalue weighted by Crippen LogP contribution is -2.16. The largest absolute Gasteiger partial charge is 0.313 e. The van der Waals surface area contributed by atoms with Crippen LogP contribution in [-0.4, -0.2) is 22.9 Å². The second kappa shape index (κ2) is 7.23. The van der Waals surface area contributed by atoms with E-state index in [-0.39, 0.29) is 0 Å². The van der Waals surface area contributed by atoms with E-state index in [0.717, 1.165) is 32.5 Å². The molecule has 1 heterocycles. The fourth-order valence-electron chi connectivity index (χ4n) is 1.64. The molecule has 0 fully saturated rings. The predicted octanol–water partition coefficient (Wildman–Crippen LogP) is 2.70. The minimum Gasteiger partial charge on any atom is -0.313 e. The Balaban J connectivity index is 2.73. The van der Waals surface area contributed by atoms with Crippen molar-refractivity contribution in [2.75, 3.05) is 13.1 Å². The summed E-state index contributed by atoms with van der Waals surface area (Å²) >= 11 is 0. The molecule has 0 aromatic carbocycles. The summed E-state index contributed by atoms with van der Waals surface area (Å²) in [5.41, 5.74) is 2.65. The number of rotatable bonds is 7. The third-order valence-electron chi connectivity index (χ3n) is 2.59. The Morgan fingerprint density at radius 2 is 2.25 bits per heavy atom. The average molecular weight is 221 g/mol. The van der Waals surface area contributed by atoms with Crippen LogP contribution in [0.5, 0.6) is 0 Å². The zero-order chi connectivity index (χ0) is 11.8. The van der Waals surface area contributed by atoms with Crippen molar-refractivity contribution in [1.29, 1.82) is 0 Å². The van der Waals surface area contributed by atoms with Crippen LogP contribution in [0.1, 0.15) is 39.3 Å². The lowest BCUT2D eigenvalue weighted by molar-refractivity contribution is 0.597. The monoisotopic (exact) mass is 221 g/mol. The van der Waals surface area contributed by atoms with Crippen molar-refractivity contribution in [1.82, 2.24) is 15.1 Å².